The Morgan fingerprint density at radius 3 is 2.76 bits per heavy atom. The smallest absolute Gasteiger partial charge is 0.260 e. The molecule has 0 saturated heterocycles. The summed E-state index contributed by atoms with van der Waals surface area (Å²) in [5.74, 6) is 1.47. The van der Waals surface area contributed by atoms with Gasteiger partial charge in [0.1, 0.15) is 5.75 Å². The molecule has 116 valence electrons. The molecule has 0 heterocycles. The van der Waals surface area contributed by atoms with Crippen LogP contribution in [0.3, 0.4) is 0 Å². The second kappa shape index (κ2) is 7.46. The van der Waals surface area contributed by atoms with Crippen molar-refractivity contribution in [3.05, 3.63) is 29.8 Å². The third kappa shape index (κ3) is 5.05. The Labute approximate surface area is 127 Å². The minimum atomic E-state index is 0.0578. The maximum Gasteiger partial charge on any atom is 0.260 e. The number of hydrogen-bond donors (Lipinski definition) is 1. The summed E-state index contributed by atoms with van der Waals surface area (Å²) in [6, 6.07) is 8.34. The maximum absolute atomic E-state index is 12.0. The first kappa shape index (κ1) is 15.8. The summed E-state index contributed by atoms with van der Waals surface area (Å²) >= 11 is 0. The van der Waals surface area contributed by atoms with Gasteiger partial charge in [-0.3, -0.25) is 4.79 Å². The van der Waals surface area contributed by atoms with Gasteiger partial charge in [0.05, 0.1) is 0 Å². The number of ether oxygens (including phenoxy) is 1. The summed E-state index contributed by atoms with van der Waals surface area (Å²) in [5, 5.41) is 3.40. The SMILES string of the molecule is CC(C)CNCc1ccccc1OCC(=O)N(C)C1CC1. The standard InChI is InChI=1S/C17H26N2O2/c1-13(2)10-18-11-14-6-4-5-7-16(14)21-12-17(20)19(3)15-8-9-15/h4-7,13,15,18H,8-12H2,1-3H3. The van der Waals surface area contributed by atoms with E-state index in [9.17, 15) is 4.79 Å². The van der Waals surface area contributed by atoms with E-state index < -0.39 is 0 Å². The second-order valence-electron chi connectivity index (χ2n) is 6.16. The van der Waals surface area contributed by atoms with E-state index in [2.05, 4.69) is 19.2 Å². The third-order valence-corrected chi connectivity index (χ3v) is 3.68. The van der Waals surface area contributed by atoms with Crippen molar-refractivity contribution >= 4 is 5.91 Å². The summed E-state index contributed by atoms with van der Waals surface area (Å²) in [7, 11) is 1.86. The van der Waals surface area contributed by atoms with Gasteiger partial charge in [0, 0.05) is 25.2 Å². The predicted octanol–water partition coefficient (Wildman–Crippen LogP) is 2.43. The van der Waals surface area contributed by atoms with Crippen LogP contribution >= 0.6 is 0 Å². The van der Waals surface area contributed by atoms with Gasteiger partial charge >= 0.3 is 0 Å². The molecule has 2 rings (SSSR count). The molecule has 4 heteroatoms. The highest BCUT2D eigenvalue weighted by Gasteiger charge is 2.29. The van der Waals surface area contributed by atoms with Crippen LogP contribution in [0, 0.1) is 5.92 Å². The van der Waals surface area contributed by atoms with Gasteiger partial charge in [-0.15, -0.1) is 0 Å². The molecule has 0 spiro atoms. The molecule has 1 aromatic carbocycles. The highest BCUT2D eigenvalue weighted by molar-refractivity contribution is 5.78. The monoisotopic (exact) mass is 290 g/mol. The van der Waals surface area contributed by atoms with Crippen molar-refractivity contribution in [1.82, 2.24) is 10.2 Å². The normalized spacial score (nSPS) is 14.3. The number of benzene rings is 1. The molecule has 1 N–H and O–H groups in total. The van der Waals surface area contributed by atoms with Crippen LogP contribution in [0.5, 0.6) is 5.75 Å². The van der Waals surface area contributed by atoms with Crippen LogP contribution in [-0.4, -0.2) is 37.0 Å². The predicted molar refractivity (Wildman–Crippen MR) is 84.3 cm³/mol. The topological polar surface area (TPSA) is 41.6 Å². The Morgan fingerprint density at radius 2 is 2.10 bits per heavy atom. The zero-order valence-corrected chi connectivity index (χ0v) is 13.3. The van der Waals surface area contributed by atoms with E-state index in [1.807, 2.05) is 31.3 Å². The number of hydrogen-bond acceptors (Lipinski definition) is 3. The minimum absolute atomic E-state index is 0.0578. The lowest BCUT2D eigenvalue weighted by atomic mass is 10.2. The van der Waals surface area contributed by atoms with Crippen molar-refractivity contribution < 1.29 is 9.53 Å². The van der Waals surface area contributed by atoms with Gasteiger partial charge in [0.25, 0.3) is 5.91 Å². The van der Waals surface area contributed by atoms with Crippen LogP contribution in [0.1, 0.15) is 32.3 Å². The Kier molecular flexibility index (Phi) is 5.62. The van der Waals surface area contributed by atoms with Gasteiger partial charge in [0.2, 0.25) is 0 Å². The van der Waals surface area contributed by atoms with E-state index in [0.29, 0.717) is 12.0 Å². The summed E-state index contributed by atoms with van der Waals surface area (Å²) < 4.78 is 5.72. The molecule has 4 nitrogen and oxygen atoms in total. The molecular formula is C17H26N2O2. The van der Waals surface area contributed by atoms with Gasteiger partial charge < -0.3 is 15.0 Å². The summed E-state index contributed by atoms with van der Waals surface area (Å²) in [6.45, 7) is 6.22. The van der Waals surface area contributed by atoms with E-state index in [1.165, 1.54) is 0 Å². The molecule has 21 heavy (non-hydrogen) atoms. The van der Waals surface area contributed by atoms with E-state index >= 15 is 0 Å². The van der Waals surface area contributed by atoms with E-state index in [4.69, 9.17) is 4.74 Å². The van der Waals surface area contributed by atoms with Crippen LogP contribution in [0.2, 0.25) is 0 Å². The Morgan fingerprint density at radius 1 is 1.38 bits per heavy atom. The van der Waals surface area contributed by atoms with Crippen molar-refractivity contribution in [1.29, 1.82) is 0 Å². The molecule has 1 aliphatic rings. The molecule has 1 aliphatic carbocycles. The number of rotatable bonds is 8. The summed E-state index contributed by atoms with van der Waals surface area (Å²) in [5.41, 5.74) is 1.10. The van der Waals surface area contributed by atoms with Crippen LogP contribution in [0.25, 0.3) is 0 Å². The Bertz CT molecular complexity index is 470. The summed E-state index contributed by atoms with van der Waals surface area (Å²) in [6.07, 6.45) is 2.25. The first-order chi connectivity index (χ1) is 10.1. The number of carbonyl (C=O) groups excluding carboxylic acids is 1. The fourth-order valence-electron chi connectivity index (χ4n) is 2.19. The van der Waals surface area contributed by atoms with Crippen molar-refractivity contribution in [2.24, 2.45) is 5.92 Å². The summed E-state index contributed by atoms with van der Waals surface area (Å²) in [4.78, 5) is 13.8. The fraction of sp³-hybridized carbons (Fsp3) is 0.588. The average Bonchev–Trinajstić information content (AvgIpc) is 3.29. The van der Waals surface area contributed by atoms with Crippen molar-refractivity contribution in [3.63, 3.8) is 0 Å². The molecule has 0 aliphatic heterocycles. The molecule has 1 fully saturated rings. The van der Waals surface area contributed by atoms with Crippen LogP contribution in [-0.2, 0) is 11.3 Å². The van der Waals surface area contributed by atoms with Crippen molar-refractivity contribution in [2.45, 2.75) is 39.3 Å². The quantitative estimate of drug-likeness (QED) is 0.799. The second-order valence-corrected chi connectivity index (χ2v) is 6.16. The van der Waals surface area contributed by atoms with Crippen molar-refractivity contribution in [2.75, 3.05) is 20.2 Å². The molecule has 0 bridgehead atoms. The van der Waals surface area contributed by atoms with Gasteiger partial charge in [-0.2, -0.15) is 0 Å². The molecule has 1 aromatic rings. The number of nitrogens with zero attached hydrogens (tertiary/aromatic N) is 1. The minimum Gasteiger partial charge on any atom is -0.483 e. The highest BCUT2D eigenvalue weighted by atomic mass is 16.5. The van der Waals surface area contributed by atoms with Crippen LogP contribution in [0.4, 0.5) is 0 Å². The van der Waals surface area contributed by atoms with Gasteiger partial charge in [-0.1, -0.05) is 32.0 Å². The molecule has 0 atom stereocenters. The largest absolute Gasteiger partial charge is 0.483 e. The first-order valence-electron chi connectivity index (χ1n) is 7.75. The number of carbonyl (C=O) groups is 1. The lowest BCUT2D eigenvalue weighted by Crippen LogP contribution is -2.33. The number of para-hydroxylation sites is 1. The van der Waals surface area contributed by atoms with Crippen LogP contribution in [0.15, 0.2) is 24.3 Å². The molecule has 1 amide bonds. The third-order valence-electron chi connectivity index (χ3n) is 3.68. The lowest BCUT2D eigenvalue weighted by Gasteiger charge is -2.18. The Hall–Kier alpha value is -1.55. The van der Waals surface area contributed by atoms with Gasteiger partial charge in [-0.05, 0) is 31.4 Å². The molecular weight excluding hydrogens is 264 g/mol. The highest BCUT2D eigenvalue weighted by Crippen LogP contribution is 2.25. The maximum atomic E-state index is 12.0. The number of nitrogens with one attached hydrogen (secondary N) is 1. The van der Waals surface area contributed by atoms with E-state index in [1.54, 1.807) is 4.90 Å². The molecule has 1 saturated carbocycles. The lowest BCUT2D eigenvalue weighted by molar-refractivity contribution is -0.132. The molecule has 0 unspecified atom stereocenters. The number of likely N-dealkylation sites (N-methyl/N-ethyl adjacent to an activating group) is 1. The van der Waals surface area contributed by atoms with Crippen molar-refractivity contribution in [3.8, 4) is 5.75 Å². The fourth-order valence-corrected chi connectivity index (χ4v) is 2.19. The van der Waals surface area contributed by atoms with E-state index in [-0.39, 0.29) is 12.5 Å². The zero-order chi connectivity index (χ0) is 15.2. The molecule has 0 aromatic heterocycles. The van der Waals surface area contributed by atoms with Crippen LogP contribution < -0.4 is 10.1 Å². The first-order valence-corrected chi connectivity index (χ1v) is 7.75. The Balaban J connectivity index is 1.85. The van der Waals surface area contributed by atoms with Gasteiger partial charge in [0.15, 0.2) is 6.61 Å². The van der Waals surface area contributed by atoms with Gasteiger partial charge in [-0.25, -0.2) is 0 Å². The molecule has 0 radical (unpaired) electrons. The number of amides is 1. The van der Waals surface area contributed by atoms with E-state index in [0.717, 1.165) is 37.2 Å². The zero-order valence-electron chi connectivity index (χ0n) is 13.3. The average molecular weight is 290 g/mol.